The third-order valence-electron chi connectivity index (χ3n) is 6.52. The second kappa shape index (κ2) is 9.75. The number of aromatic nitrogens is 2. The van der Waals surface area contributed by atoms with E-state index in [0.717, 1.165) is 18.4 Å². The lowest BCUT2D eigenvalue weighted by Crippen LogP contribution is -2.44. The number of pyridine rings is 2. The maximum absolute atomic E-state index is 15.0. The lowest BCUT2D eigenvalue weighted by molar-refractivity contribution is 0.178. The summed E-state index contributed by atoms with van der Waals surface area (Å²) in [4.78, 5) is 22.8. The topological polar surface area (TPSA) is 79.4 Å². The molecule has 7 nitrogen and oxygen atoms in total. The van der Waals surface area contributed by atoms with E-state index in [-0.39, 0.29) is 22.8 Å². The van der Waals surface area contributed by atoms with E-state index in [4.69, 9.17) is 16.3 Å². The first-order valence-corrected chi connectivity index (χ1v) is 11.8. The molecule has 0 radical (unpaired) electrons. The number of likely N-dealkylation sites (N-methyl/N-ethyl adjacent to an activating group) is 1. The Balaban J connectivity index is 1.33. The van der Waals surface area contributed by atoms with Crippen molar-refractivity contribution in [1.29, 1.82) is 0 Å². The molecule has 1 saturated heterocycles. The number of hydrogen-bond acceptors (Lipinski definition) is 5. The van der Waals surface area contributed by atoms with E-state index in [1.54, 1.807) is 29.3 Å². The normalized spacial score (nSPS) is 18.3. The van der Waals surface area contributed by atoms with Crippen LogP contribution in [0.25, 0.3) is 11.1 Å². The summed E-state index contributed by atoms with van der Waals surface area (Å²) >= 11 is 6.45. The Morgan fingerprint density at radius 2 is 2.09 bits per heavy atom. The summed E-state index contributed by atoms with van der Waals surface area (Å²) < 4.78 is 34.7. The molecule has 2 bridgehead atoms. The van der Waals surface area contributed by atoms with Crippen LogP contribution in [0.3, 0.4) is 0 Å². The number of nitrogens with zero attached hydrogens (tertiary/aromatic N) is 3. The predicted octanol–water partition coefficient (Wildman–Crippen LogP) is 4.97. The van der Waals surface area contributed by atoms with Gasteiger partial charge in [-0.3, -0.25) is 0 Å². The van der Waals surface area contributed by atoms with Gasteiger partial charge in [-0.15, -0.1) is 0 Å². The Kier molecular flexibility index (Phi) is 6.53. The molecule has 1 fully saturated rings. The van der Waals surface area contributed by atoms with Crippen molar-refractivity contribution in [3.05, 3.63) is 70.6 Å². The molecule has 2 aliphatic heterocycles. The molecule has 35 heavy (non-hydrogen) atoms. The van der Waals surface area contributed by atoms with Gasteiger partial charge in [-0.2, -0.15) is 4.39 Å². The lowest BCUT2D eigenvalue weighted by Gasteiger charge is -2.36. The molecular formula is C25H24ClF2N5O2. The molecule has 2 aliphatic rings. The van der Waals surface area contributed by atoms with Gasteiger partial charge in [-0.05, 0) is 56.1 Å². The number of carbonyl (C=O) groups is 1. The van der Waals surface area contributed by atoms with Crippen LogP contribution in [-0.2, 0) is 6.42 Å². The van der Waals surface area contributed by atoms with E-state index in [1.807, 2.05) is 7.05 Å². The Hall–Kier alpha value is -3.30. The summed E-state index contributed by atoms with van der Waals surface area (Å²) in [6.45, 7) is 1.16. The molecule has 1 aromatic carbocycles. The monoisotopic (exact) mass is 499 g/mol. The van der Waals surface area contributed by atoms with Crippen molar-refractivity contribution in [2.75, 3.05) is 25.5 Å². The number of urea groups is 1. The minimum Gasteiger partial charge on any atom is -0.476 e. The highest BCUT2D eigenvalue weighted by molar-refractivity contribution is 6.33. The van der Waals surface area contributed by atoms with Gasteiger partial charge in [0.2, 0.25) is 11.8 Å². The Bertz CT molecular complexity index is 1260. The largest absolute Gasteiger partial charge is 0.476 e. The zero-order chi connectivity index (χ0) is 24.5. The molecular weight excluding hydrogens is 476 g/mol. The Labute approximate surface area is 206 Å². The summed E-state index contributed by atoms with van der Waals surface area (Å²) in [5.74, 6) is -0.648. The third kappa shape index (κ3) is 4.53. The zero-order valence-corrected chi connectivity index (χ0v) is 19.8. The van der Waals surface area contributed by atoms with Gasteiger partial charge in [0.15, 0.2) is 0 Å². The van der Waals surface area contributed by atoms with E-state index < -0.39 is 17.8 Å². The van der Waals surface area contributed by atoms with Crippen LogP contribution in [0.5, 0.6) is 5.88 Å². The highest BCUT2D eigenvalue weighted by Crippen LogP contribution is 2.44. The van der Waals surface area contributed by atoms with Crippen molar-refractivity contribution < 1.29 is 18.3 Å². The van der Waals surface area contributed by atoms with Crippen molar-refractivity contribution in [1.82, 2.24) is 20.2 Å². The van der Waals surface area contributed by atoms with E-state index in [1.165, 1.54) is 18.3 Å². The number of fused-ring (bicyclic) bond motifs is 4. The number of nitrogens with one attached hydrogen (secondary N) is 2. The standard InChI is InChI=1S/C25H24ClF2N5O2/c1-29-8-9-35-23-5-2-14(13-31-23)17-11-20(27)21(12-19(17)26)32-25(34)33-15-3-4-22(33)16-6-7-30-24(28)18(16)10-15/h2,5-7,11-13,15,22,29H,3-4,8-10H2,1H3,(H,32,34)/t15?,22-/m1/s1. The summed E-state index contributed by atoms with van der Waals surface area (Å²) in [5.41, 5.74) is 2.38. The molecule has 5 rings (SSSR count). The summed E-state index contributed by atoms with van der Waals surface area (Å²) in [6.07, 6.45) is 4.83. The smallest absolute Gasteiger partial charge is 0.322 e. The van der Waals surface area contributed by atoms with Gasteiger partial charge in [-0.1, -0.05) is 11.6 Å². The third-order valence-corrected chi connectivity index (χ3v) is 6.84. The maximum Gasteiger partial charge on any atom is 0.322 e. The van der Waals surface area contributed by atoms with Crippen molar-refractivity contribution in [3.63, 3.8) is 0 Å². The van der Waals surface area contributed by atoms with Crippen molar-refractivity contribution in [2.24, 2.45) is 0 Å². The van der Waals surface area contributed by atoms with Crippen LogP contribution in [0.1, 0.15) is 30.0 Å². The molecule has 0 saturated carbocycles. The van der Waals surface area contributed by atoms with Crippen molar-refractivity contribution >= 4 is 23.3 Å². The molecule has 10 heteroatoms. The number of benzene rings is 1. The number of hydrogen-bond donors (Lipinski definition) is 2. The molecule has 1 unspecified atom stereocenters. The van der Waals surface area contributed by atoms with Crippen LogP contribution in [-0.4, -0.2) is 47.1 Å². The maximum atomic E-state index is 15.0. The van der Waals surface area contributed by atoms with Gasteiger partial charge in [0.05, 0.1) is 16.8 Å². The fourth-order valence-corrected chi connectivity index (χ4v) is 5.13. The molecule has 0 spiro atoms. The van der Waals surface area contributed by atoms with Gasteiger partial charge in [0.1, 0.15) is 12.4 Å². The molecule has 3 aromatic rings. The molecule has 2 atom stereocenters. The van der Waals surface area contributed by atoms with Crippen LogP contribution in [0.2, 0.25) is 5.02 Å². The first kappa shape index (κ1) is 23.4. The van der Waals surface area contributed by atoms with Crippen LogP contribution < -0.4 is 15.4 Å². The second-order valence-electron chi connectivity index (χ2n) is 8.61. The number of rotatable bonds is 6. The number of halogens is 3. The number of ether oxygens (including phenoxy) is 1. The average molecular weight is 500 g/mol. The van der Waals surface area contributed by atoms with Crippen LogP contribution >= 0.6 is 11.6 Å². The van der Waals surface area contributed by atoms with Crippen LogP contribution in [0.15, 0.2) is 42.7 Å². The summed E-state index contributed by atoms with van der Waals surface area (Å²) in [5, 5.41) is 5.91. The highest BCUT2D eigenvalue weighted by Gasteiger charge is 2.43. The quantitative estimate of drug-likeness (QED) is 0.370. The van der Waals surface area contributed by atoms with E-state index in [9.17, 15) is 9.18 Å². The van der Waals surface area contributed by atoms with Crippen molar-refractivity contribution in [3.8, 4) is 17.0 Å². The summed E-state index contributed by atoms with van der Waals surface area (Å²) in [7, 11) is 1.83. The van der Waals surface area contributed by atoms with Gasteiger partial charge < -0.3 is 20.3 Å². The minimum atomic E-state index is -0.618. The molecule has 0 aliphatic carbocycles. The lowest BCUT2D eigenvalue weighted by atomic mass is 9.95. The van der Waals surface area contributed by atoms with E-state index in [0.29, 0.717) is 42.1 Å². The molecule has 2 amide bonds. The van der Waals surface area contributed by atoms with E-state index in [2.05, 4.69) is 20.6 Å². The van der Waals surface area contributed by atoms with Crippen LogP contribution in [0, 0.1) is 11.8 Å². The predicted molar refractivity (Wildman–Crippen MR) is 129 cm³/mol. The Morgan fingerprint density at radius 1 is 1.23 bits per heavy atom. The average Bonchev–Trinajstić information content (AvgIpc) is 3.17. The molecule has 2 aromatic heterocycles. The molecule has 182 valence electrons. The SMILES string of the molecule is CNCCOc1ccc(-c2cc(F)c(NC(=O)N3C4CC[C@@H]3c3ccnc(F)c3C4)cc2Cl)cn1. The first-order valence-electron chi connectivity index (χ1n) is 11.4. The van der Waals surface area contributed by atoms with Gasteiger partial charge in [0, 0.05) is 47.7 Å². The number of amides is 2. The molecule has 2 N–H and O–H groups in total. The van der Waals surface area contributed by atoms with Gasteiger partial charge >= 0.3 is 6.03 Å². The Morgan fingerprint density at radius 3 is 2.86 bits per heavy atom. The summed E-state index contributed by atoms with van der Waals surface area (Å²) in [6, 6.07) is 7.00. The van der Waals surface area contributed by atoms with E-state index >= 15 is 4.39 Å². The number of carbonyl (C=O) groups excluding carboxylic acids is 1. The van der Waals surface area contributed by atoms with Gasteiger partial charge in [0.25, 0.3) is 0 Å². The fourth-order valence-electron chi connectivity index (χ4n) is 4.85. The van der Waals surface area contributed by atoms with Crippen LogP contribution in [0.4, 0.5) is 19.3 Å². The fraction of sp³-hybridized carbons (Fsp3) is 0.320. The first-order chi connectivity index (χ1) is 17.0. The minimum absolute atomic E-state index is 0.0187. The second-order valence-corrected chi connectivity index (χ2v) is 9.01. The zero-order valence-electron chi connectivity index (χ0n) is 19.0. The van der Waals surface area contributed by atoms with Crippen molar-refractivity contribution in [2.45, 2.75) is 31.3 Å². The number of anilines is 1. The van der Waals surface area contributed by atoms with Gasteiger partial charge in [-0.25, -0.2) is 19.2 Å². The highest BCUT2D eigenvalue weighted by atomic mass is 35.5. The molecule has 4 heterocycles.